The first kappa shape index (κ1) is 18.7. The highest BCUT2D eigenvalue weighted by molar-refractivity contribution is 6.32. The topological polar surface area (TPSA) is 69.0 Å². The van der Waals surface area contributed by atoms with Gasteiger partial charge in [-0.1, -0.05) is 23.7 Å². The molecule has 0 saturated carbocycles. The largest absolute Gasteiger partial charge is 0.433 e. The van der Waals surface area contributed by atoms with Gasteiger partial charge in [-0.2, -0.15) is 18.2 Å². The second-order valence-electron chi connectivity index (χ2n) is 6.26. The number of halogens is 4. The standard InChI is InChI=1S/C18H14ClF3N4O2/c19-12-3-1-2-4-13(12)26-16-11(5-6-14(24-16)18(20,21)22)15(25-17(26)27)23-9-10-7-8-28-10/h1-6,10H,7-9H2,(H,23,25,27). The summed E-state index contributed by atoms with van der Waals surface area (Å²) in [5.41, 5.74) is -1.88. The van der Waals surface area contributed by atoms with Gasteiger partial charge in [0.1, 0.15) is 11.5 Å². The predicted molar refractivity (Wildman–Crippen MR) is 98.0 cm³/mol. The Labute approximate surface area is 161 Å². The van der Waals surface area contributed by atoms with E-state index in [2.05, 4.69) is 15.3 Å². The third kappa shape index (κ3) is 3.43. The van der Waals surface area contributed by atoms with Crippen molar-refractivity contribution in [3.63, 3.8) is 0 Å². The summed E-state index contributed by atoms with van der Waals surface area (Å²) in [6.45, 7) is 1.05. The average molecular weight is 411 g/mol. The normalized spacial score (nSPS) is 16.8. The van der Waals surface area contributed by atoms with Crippen LogP contribution in [-0.4, -0.2) is 33.8 Å². The van der Waals surface area contributed by atoms with E-state index in [4.69, 9.17) is 16.3 Å². The number of ether oxygens (including phenoxy) is 1. The number of fused-ring (bicyclic) bond motifs is 1. The Kier molecular flexibility index (Phi) is 4.72. The minimum Gasteiger partial charge on any atom is -0.376 e. The SMILES string of the molecule is O=c1nc(NCC2CCO2)c2ccc(C(F)(F)F)nc2n1-c1ccccc1Cl. The molecule has 0 bridgehead atoms. The highest BCUT2D eigenvalue weighted by atomic mass is 35.5. The molecule has 0 spiro atoms. The number of nitrogens with one attached hydrogen (secondary N) is 1. The molecule has 1 N–H and O–H groups in total. The third-order valence-electron chi connectivity index (χ3n) is 4.42. The van der Waals surface area contributed by atoms with Crippen molar-refractivity contribution in [2.75, 3.05) is 18.5 Å². The molecule has 0 aliphatic carbocycles. The van der Waals surface area contributed by atoms with Crippen molar-refractivity contribution < 1.29 is 17.9 Å². The van der Waals surface area contributed by atoms with Gasteiger partial charge in [0.15, 0.2) is 5.65 Å². The molecule has 0 amide bonds. The van der Waals surface area contributed by atoms with Gasteiger partial charge in [0.2, 0.25) is 0 Å². The van der Waals surface area contributed by atoms with Crippen LogP contribution in [0.2, 0.25) is 5.02 Å². The number of hydrogen-bond acceptors (Lipinski definition) is 5. The van der Waals surface area contributed by atoms with Crippen LogP contribution in [0, 0.1) is 0 Å². The lowest BCUT2D eigenvalue weighted by molar-refractivity contribution is -0.141. The summed E-state index contributed by atoms with van der Waals surface area (Å²) < 4.78 is 45.9. The lowest BCUT2D eigenvalue weighted by Crippen LogP contribution is -2.34. The molecule has 4 rings (SSSR count). The molecule has 1 aliphatic heterocycles. The molecule has 1 aromatic carbocycles. The smallest absolute Gasteiger partial charge is 0.376 e. The van der Waals surface area contributed by atoms with Crippen LogP contribution >= 0.6 is 11.6 Å². The van der Waals surface area contributed by atoms with E-state index in [0.717, 1.165) is 17.1 Å². The van der Waals surface area contributed by atoms with Crippen LogP contribution in [0.15, 0.2) is 41.2 Å². The molecule has 6 nitrogen and oxygen atoms in total. The number of para-hydroxylation sites is 1. The van der Waals surface area contributed by atoms with Gasteiger partial charge < -0.3 is 10.1 Å². The molecule has 0 radical (unpaired) electrons. The van der Waals surface area contributed by atoms with E-state index in [1.807, 2.05) is 0 Å². The van der Waals surface area contributed by atoms with Gasteiger partial charge in [0.25, 0.3) is 0 Å². The van der Waals surface area contributed by atoms with E-state index >= 15 is 0 Å². The van der Waals surface area contributed by atoms with Crippen molar-refractivity contribution in [3.8, 4) is 5.69 Å². The highest BCUT2D eigenvalue weighted by Gasteiger charge is 2.33. The van der Waals surface area contributed by atoms with Crippen molar-refractivity contribution >= 4 is 28.5 Å². The quantitative estimate of drug-likeness (QED) is 0.711. The van der Waals surface area contributed by atoms with Gasteiger partial charge in [-0.15, -0.1) is 0 Å². The Balaban J connectivity index is 1.93. The monoisotopic (exact) mass is 410 g/mol. The van der Waals surface area contributed by atoms with Crippen LogP contribution in [0.4, 0.5) is 19.0 Å². The summed E-state index contributed by atoms with van der Waals surface area (Å²) in [5, 5.41) is 3.44. The second kappa shape index (κ2) is 7.06. The molecule has 1 unspecified atom stereocenters. The van der Waals surface area contributed by atoms with E-state index in [9.17, 15) is 18.0 Å². The number of aromatic nitrogens is 3. The number of anilines is 1. The molecular weight excluding hydrogens is 397 g/mol. The van der Waals surface area contributed by atoms with Gasteiger partial charge >= 0.3 is 11.9 Å². The van der Waals surface area contributed by atoms with Crippen LogP contribution in [-0.2, 0) is 10.9 Å². The minimum absolute atomic E-state index is 0.0229. The lowest BCUT2D eigenvalue weighted by atomic mass is 10.2. The van der Waals surface area contributed by atoms with Crippen LogP contribution < -0.4 is 11.0 Å². The predicted octanol–water partition coefficient (Wildman–Crippen LogP) is 3.65. The summed E-state index contributed by atoms with van der Waals surface area (Å²) in [5.74, 6) is 0.153. The molecule has 10 heteroatoms. The molecule has 28 heavy (non-hydrogen) atoms. The number of nitrogens with zero attached hydrogens (tertiary/aromatic N) is 3. The molecule has 2 aromatic heterocycles. The molecule has 1 fully saturated rings. The van der Waals surface area contributed by atoms with Gasteiger partial charge in [0, 0.05) is 13.2 Å². The van der Waals surface area contributed by atoms with E-state index < -0.39 is 17.6 Å². The number of rotatable bonds is 4. The fraction of sp³-hybridized carbons (Fsp3) is 0.278. The van der Waals surface area contributed by atoms with Gasteiger partial charge in [0.05, 0.1) is 22.2 Å². The minimum atomic E-state index is -4.66. The van der Waals surface area contributed by atoms with Crippen molar-refractivity contribution in [2.24, 2.45) is 0 Å². The highest BCUT2D eigenvalue weighted by Crippen LogP contribution is 2.31. The van der Waals surface area contributed by atoms with Gasteiger partial charge in [-0.25, -0.2) is 14.3 Å². The van der Waals surface area contributed by atoms with Crippen molar-refractivity contribution in [1.29, 1.82) is 0 Å². The molecule has 1 atom stereocenters. The van der Waals surface area contributed by atoms with E-state index in [0.29, 0.717) is 13.2 Å². The summed E-state index contributed by atoms with van der Waals surface area (Å²) in [6.07, 6.45) is -3.82. The van der Waals surface area contributed by atoms with Crippen LogP contribution in [0.5, 0.6) is 0 Å². The average Bonchev–Trinajstić information content (AvgIpc) is 2.60. The van der Waals surface area contributed by atoms with E-state index in [1.165, 1.54) is 18.2 Å². The zero-order valence-corrected chi connectivity index (χ0v) is 15.1. The Bertz CT molecular complexity index is 1100. The number of hydrogen-bond donors (Lipinski definition) is 1. The zero-order valence-electron chi connectivity index (χ0n) is 14.3. The van der Waals surface area contributed by atoms with E-state index in [1.54, 1.807) is 12.1 Å². The summed E-state index contributed by atoms with van der Waals surface area (Å²) >= 11 is 6.16. The summed E-state index contributed by atoms with van der Waals surface area (Å²) in [4.78, 5) is 20.4. The Hall–Kier alpha value is -2.65. The maximum Gasteiger partial charge on any atom is 0.433 e. The van der Waals surface area contributed by atoms with Gasteiger partial charge in [-0.3, -0.25) is 0 Å². The lowest BCUT2D eigenvalue weighted by Gasteiger charge is -2.26. The van der Waals surface area contributed by atoms with E-state index in [-0.39, 0.29) is 33.7 Å². The van der Waals surface area contributed by atoms with Gasteiger partial charge in [-0.05, 0) is 30.7 Å². The first-order valence-corrected chi connectivity index (χ1v) is 8.84. The van der Waals surface area contributed by atoms with Crippen molar-refractivity contribution in [2.45, 2.75) is 18.7 Å². The maximum atomic E-state index is 13.2. The second-order valence-corrected chi connectivity index (χ2v) is 6.66. The Morgan fingerprint density at radius 3 is 2.61 bits per heavy atom. The van der Waals surface area contributed by atoms with Crippen molar-refractivity contribution in [1.82, 2.24) is 14.5 Å². The summed E-state index contributed by atoms with van der Waals surface area (Å²) in [7, 11) is 0. The molecule has 3 aromatic rings. The fourth-order valence-electron chi connectivity index (χ4n) is 2.90. The number of alkyl halides is 3. The molecule has 146 valence electrons. The molecule has 1 aliphatic rings. The third-order valence-corrected chi connectivity index (χ3v) is 4.73. The fourth-order valence-corrected chi connectivity index (χ4v) is 3.12. The van der Waals surface area contributed by atoms with Crippen LogP contribution in [0.3, 0.4) is 0 Å². The Morgan fingerprint density at radius 1 is 1.21 bits per heavy atom. The number of pyridine rings is 1. The zero-order chi connectivity index (χ0) is 19.9. The first-order valence-electron chi connectivity index (χ1n) is 8.46. The van der Waals surface area contributed by atoms with Crippen LogP contribution in [0.25, 0.3) is 16.7 Å². The van der Waals surface area contributed by atoms with Crippen LogP contribution in [0.1, 0.15) is 12.1 Å². The first-order chi connectivity index (χ1) is 13.3. The molecular formula is C18H14ClF3N4O2. The molecule has 1 saturated heterocycles. The maximum absolute atomic E-state index is 13.2. The Morgan fingerprint density at radius 2 is 1.96 bits per heavy atom. The summed E-state index contributed by atoms with van der Waals surface area (Å²) in [6, 6.07) is 8.42. The molecule has 3 heterocycles. The van der Waals surface area contributed by atoms with Crippen molar-refractivity contribution in [3.05, 3.63) is 57.6 Å². The number of benzene rings is 1.